The molecule has 0 spiro atoms. The largest absolute Gasteiger partial charge is 0.324 e. The van der Waals surface area contributed by atoms with E-state index in [2.05, 4.69) is 10.4 Å². The topological polar surface area (TPSA) is 133 Å². The van der Waals surface area contributed by atoms with Crippen LogP contribution in [0.5, 0.6) is 0 Å². The van der Waals surface area contributed by atoms with Gasteiger partial charge in [-0.25, -0.2) is 0 Å². The quantitative estimate of drug-likeness (QED) is 0.652. The van der Waals surface area contributed by atoms with Crippen LogP contribution < -0.4 is 5.32 Å². The first kappa shape index (κ1) is 14.1. The van der Waals surface area contributed by atoms with E-state index in [0.29, 0.717) is 5.69 Å². The van der Waals surface area contributed by atoms with Crippen LogP contribution in [0.25, 0.3) is 0 Å². The number of nitro benzene ring substituents is 1. The summed E-state index contributed by atoms with van der Waals surface area (Å²) in [5.74, 6) is -0.457. The molecule has 2 aromatic rings. The van der Waals surface area contributed by atoms with Gasteiger partial charge in [0.25, 0.3) is 5.69 Å². The summed E-state index contributed by atoms with van der Waals surface area (Å²) in [6.07, 6.45) is 2.18. The number of amides is 1. The number of hydrogen-bond donors (Lipinski definition) is 1. The lowest BCUT2D eigenvalue weighted by Gasteiger charge is -2.04. The number of non-ortho nitro benzene ring substituents is 1. The van der Waals surface area contributed by atoms with E-state index in [1.54, 1.807) is 0 Å². The van der Waals surface area contributed by atoms with Crippen molar-refractivity contribution >= 4 is 23.0 Å². The molecule has 0 saturated heterocycles. The molecule has 0 atom stereocenters. The third-order valence-corrected chi connectivity index (χ3v) is 2.50. The Hall–Kier alpha value is -3.30. The molecule has 10 heteroatoms. The van der Waals surface area contributed by atoms with Gasteiger partial charge in [0, 0.05) is 17.8 Å². The number of benzene rings is 1. The maximum absolute atomic E-state index is 11.7. The van der Waals surface area contributed by atoms with Crippen molar-refractivity contribution in [3.05, 3.63) is 56.9 Å². The molecule has 2 rings (SSSR count). The van der Waals surface area contributed by atoms with Gasteiger partial charge in [-0.2, -0.15) is 5.10 Å². The molecule has 0 saturated carbocycles. The molecule has 0 unspecified atom stereocenters. The predicted molar refractivity (Wildman–Crippen MR) is 70.6 cm³/mol. The fraction of sp³-hybridized carbons (Fsp3) is 0.0909. The highest BCUT2D eigenvalue weighted by molar-refractivity contribution is 5.90. The Balaban J connectivity index is 1.97. The van der Waals surface area contributed by atoms with Crippen LogP contribution in [0.15, 0.2) is 36.7 Å². The lowest BCUT2D eigenvalue weighted by atomic mass is 10.3. The number of nitrogens with one attached hydrogen (secondary N) is 1. The van der Waals surface area contributed by atoms with Crippen LogP contribution in [0, 0.1) is 20.2 Å². The third kappa shape index (κ3) is 3.59. The molecule has 1 N–H and O–H groups in total. The van der Waals surface area contributed by atoms with Gasteiger partial charge in [-0.15, -0.1) is 0 Å². The first-order valence-corrected chi connectivity index (χ1v) is 5.67. The van der Waals surface area contributed by atoms with Crippen molar-refractivity contribution < 1.29 is 14.6 Å². The molecule has 1 heterocycles. The van der Waals surface area contributed by atoms with Crippen LogP contribution in [0.2, 0.25) is 0 Å². The van der Waals surface area contributed by atoms with Crippen LogP contribution in [-0.2, 0) is 11.3 Å². The van der Waals surface area contributed by atoms with E-state index >= 15 is 0 Å². The second-order valence-electron chi connectivity index (χ2n) is 4.01. The highest BCUT2D eigenvalue weighted by Crippen LogP contribution is 2.15. The van der Waals surface area contributed by atoms with Gasteiger partial charge in [0.2, 0.25) is 5.91 Å². The normalized spacial score (nSPS) is 10.1. The molecule has 21 heavy (non-hydrogen) atoms. The maximum atomic E-state index is 11.7. The second kappa shape index (κ2) is 5.77. The highest BCUT2D eigenvalue weighted by Gasteiger charge is 2.11. The summed E-state index contributed by atoms with van der Waals surface area (Å²) < 4.78 is 1.12. The molecule has 0 fully saturated rings. The Morgan fingerprint density at radius 3 is 2.29 bits per heavy atom. The maximum Gasteiger partial charge on any atom is 0.307 e. The van der Waals surface area contributed by atoms with Gasteiger partial charge in [-0.1, -0.05) is 0 Å². The fourth-order valence-corrected chi connectivity index (χ4v) is 1.55. The van der Waals surface area contributed by atoms with Crippen LogP contribution in [0.4, 0.5) is 17.1 Å². The van der Waals surface area contributed by atoms with Gasteiger partial charge < -0.3 is 5.32 Å². The standard InChI is InChI=1S/C11H9N5O5/c17-11(7-14-6-10(5-12-14)16(20)21)13-8-1-3-9(4-2-8)15(18)19/h1-6H,7H2,(H,13,17). The van der Waals surface area contributed by atoms with E-state index < -0.39 is 15.8 Å². The van der Waals surface area contributed by atoms with Crippen molar-refractivity contribution in [2.45, 2.75) is 6.54 Å². The second-order valence-corrected chi connectivity index (χ2v) is 4.01. The Morgan fingerprint density at radius 1 is 1.14 bits per heavy atom. The first-order chi connectivity index (χ1) is 9.95. The predicted octanol–water partition coefficient (Wildman–Crippen LogP) is 1.34. The summed E-state index contributed by atoms with van der Waals surface area (Å²) >= 11 is 0. The van der Waals surface area contributed by atoms with Gasteiger partial charge >= 0.3 is 5.69 Å². The molecule has 10 nitrogen and oxygen atoms in total. The summed E-state index contributed by atoms with van der Waals surface area (Å²) in [6.45, 7) is -0.204. The summed E-state index contributed by atoms with van der Waals surface area (Å²) in [5.41, 5.74) is 0.0843. The Bertz CT molecular complexity index is 693. The van der Waals surface area contributed by atoms with Gasteiger partial charge in [0.05, 0.1) is 9.85 Å². The first-order valence-electron chi connectivity index (χ1n) is 5.67. The Morgan fingerprint density at radius 2 is 1.76 bits per heavy atom. The van der Waals surface area contributed by atoms with Crippen LogP contribution in [0.1, 0.15) is 0 Å². The number of carbonyl (C=O) groups excluding carboxylic acids is 1. The minimum absolute atomic E-state index is 0.0873. The average Bonchev–Trinajstić information content (AvgIpc) is 2.87. The van der Waals surface area contributed by atoms with E-state index in [0.717, 1.165) is 17.1 Å². The number of nitro groups is 2. The van der Waals surface area contributed by atoms with Crippen LogP contribution in [-0.4, -0.2) is 25.5 Å². The number of rotatable bonds is 5. The number of aromatic nitrogens is 2. The fourth-order valence-electron chi connectivity index (χ4n) is 1.55. The van der Waals surface area contributed by atoms with E-state index in [1.807, 2.05) is 0 Å². The summed E-state index contributed by atoms with van der Waals surface area (Å²) in [4.78, 5) is 31.5. The van der Waals surface area contributed by atoms with Crippen molar-refractivity contribution in [3.63, 3.8) is 0 Å². The monoisotopic (exact) mass is 291 g/mol. The van der Waals surface area contributed by atoms with Crippen molar-refractivity contribution in [3.8, 4) is 0 Å². The van der Waals surface area contributed by atoms with Gasteiger partial charge in [-0.05, 0) is 12.1 Å². The summed E-state index contributed by atoms with van der Waals surface area (Å²) in [6, 6.07) is 5.30. The summed E-state index contributed by atoms with van der Waals surface area (Å²) in [5, 5.41) is 27.1. The number of anilines is 1. The Kier molecular flexibility index (Phi) is 3.88. The SMILES string of the molecule is O=C(Cn1cc([N+](=O)[O-])cn1)Nc1ccc([N+](=O)[O-])cc1. The molecule has 1 aromatic heterocycles. The van der Waals surface area contributed by atoms with E-state index in [1.165, 1.54) is 24.3 Å². The van der Waals surface area contributed by atoms with Gasteiger partial charge in [-0.3, -0.25) is 29.7 Å². The third-order valence-electron chi connectivity index (χ3n) is 2.50. The van der Waals surface area contributed by atoms with Crippen LogP contribution in [0.3, 0.4) is 0 Å². The minimum atomic E-state index is -0.613. The lowest BCUT2D eigenvalue weighted by molar-refractivity contribution is -0.385. The molecule has 0 aliphatic carbocycles. The van der Waals surface area contributed by atoms with Crippen LogP contribution >= 0.6 is 0 Å². The zero-order valence-corrected chi connectivity index (χ0v) is 10.5. The van der Waals surface area contributed by atoms with E-state index in [9.17, 15) is 25.0 Å². The smallest absolute Gasteiger partial charge is 0.307 e. The van der Waals surface area contributed by atoms with E-state index in [-0.39, 0.29) is 17.9 Å². The number of nitrogens with zero attached hydrogens (tertiary/aromatic N) is 4. The molecule has 0 aliphatic rings. The Labute approximate surface area is 117 Å². The molecule has 0 aliphatic heterocycles. The lowest BCUT2D eigenvalue weighted by Crippen LogP contribution is -2.18. The minimum Gasteiger partial charge on any atom is -0.324 e. The van der Waals surface area contributed by atoms with Crippen molar-refractivity contribution in [2.75, 3.05) is 5.32 Å². The zero-order valence-electron chi connectivity index (χ0n) is 10.5. The van der Waals surface area contributed by atoms with E-state index in [4.69, 9.17) is 0 Å². The molecule has 0 bridgehead atoms. The highest BCUT2D eigenvalue weighted by atomic mass is 16.6. The summed E-state index contributed by atoms with van der Waals surface area (Å²) in [7, 11) is 0. The zero-order chi connectivity index (χ0) is 15.4. The molecular weight excluding hydrogens is 282 g/mol. The number of hydrogen-bond acceptors (Lipinski definition) is 6. The van der Waals surface area contributed by atoms with Gasteiger partial charge in [0.1, 0.15) is 18.9 Å². The van der Waals surface area contributed by atoms with Gasteiger partial charge in [0.15, 0.2) is 0 Å². The van der Waals surface area contributed by atoms with Crippen molar-refractivity contribution in [1.82, 2.24) is 9.78 Å². The molecule has 0 radical (unpaired) electrons. The molecule has 1 amide bonds. The molecular formula is C11H9N5O5. The molecule has 108 valence electrons. The van der Waals surface area contributed by atoms with Crippen molar-refractivity contribution in [2.24, 2.45) is 0 Å². The molecule has 1 aromatic carbocycles. The number of carbonyl (C=O) groups is 1. The average molecular weight is 291 g/mol. The van der Waals surface area contributed by atoms with Crippen molar-refractivity contribution in [1.29, 1.82) is 0 Å².